The maximum atomic E-state index is 5.99. The summed E-state index contributed by atoms with van der Waals surface area (Å²) >= 11 is 0. The van der Waals surface area contributed by atoms with E-state index in [1.54, 1.807) is 0 Å². The van der Waals surface area contributed by atoms with E-state index in [1.165, 1.54) is 31.4 Å². The number of rotatable bonds is 1. The Kier molecular flexibility index (Phi) is 2.94. The van der Waals surface area contributed by atoms with Gasteiger partial charge in [-0.3, -0.25) is 4.90 Å². The highest BCUT2D eigenvalue weighted by molar-refractivity contribution is 5.20. The largest absolute Gasteiger partial charge is 0.371 e. The number of ether oxygens (including phenoxy) is 1. The first-order valence-corrected chi connectivity index (χ1v) is 6.36. The smallest absolute Gasteiger partial charge is 0.0980 e. The van der Waals surface area contributed by atoms with E-state index in [0.29, 0.717) is 12.1 Å². The summed E-state index contributed by atoms with van der Waals surface area (Å²) in [6.07, 6.45) is 4.31. The second-order valence-electron chi connectivity index (χ2n) is 4.80. The summed E-state index contributed by atoms with van der Waals surface area (Å²) in [7, 11) is 0. The maximum absolute atomic E-state index is 5.99. The first-order valence-electron chi connectivity index (χ1n) is 6.36. The van der Waals surface area contributed by atoms with E-state index in [0.717, 1.165) is 13.2 Å². The lowest BCUT2D eigenvalue weighted by molar-refractivity contribution is -0.0857. The van der Waals surface area contributed by atoms with Crippen LogP contribution < -0.4 is 0 Å². The summed E-state index contributed by atoms with van der Waals surface area (Å²) in [5.74, 6) is 0. The summed E-state index contributed by atoms with van der Waals surface area (Å²) < 4.78 is 5.99. The highest BCUT2D eigenvalue weighted by Crippen LogP contribution is 2.33. The Morgan fingerprint density at radius 3 is 2.81 bits per heavy atom. The van der Waals surface area contributed by atoms with Crippen molar-refractivity contribution >= 4 is 0 Å². The van der Waals surface area contributed by atoms with E-state index in [-0.39, 0.29) is 0 Å². The van der Waals surface area contributed by atoms with Crippen molar-refractivity contribution in [1.82, 2.24) is 4.90 Å². The minimum absolute atomic E-state index is 0.301. The number of morpholine rings is 1. The van der Waals surface area contributed by atoms with Gasteiger partial charge in [-0.1, -0.05) is 36.8 Å². The van der Waals surface area contributed by atoms with Crippen molar-refractivity contribution in [3.8, 4) is 0 Å². The van der Waals surface area contributed by atoms with E-state index < -0.39 is 0 Å². The molecule has 0 unspecified atom stereocenters. The van der Waals surface area contributed by atoms with Gasteiger partial charge in [0.1, 0.15) is 0 Å². The Labute approximate surface area is 97.2 Å². The zero-order valence-corrected chi connectivity index (χ0v) is 9.64. The average molecular weight is 217 g/mol. The lowest BCUT2D eigenvalue weighted by atomic mass is 9.92. The molecule has 2 heteroatoms. The number of hydrogen-bond acceptors (Lipinski definition) is 2. The van der Waals surface area contributed by atoms with Crippen molar-refractivity contribution in [2.24, 2.45) is 0 Å². The SMILES string of the molecule is c1ccc([C@H]2OCCN3CCCC[C@@H]23)cc1. The number of benzene rings is 1. The highest BCUT2D eigenvalue weighted by Gasteiger charge is 2.34. The summed E-state index contributed by atoms with van der Waals surface area (Å²) in [6, 6.07) is 11.3. The van der Waals surface area contributed by atoms with Crippen molar-refractivity contribution in [2.45, 2.75) is 31.4 Å². The normalized spacial score (nSPS) is 31.0. The van der Waals surface area contributed by atoms with Gasteiger partial charge in [-0.25, -0.2) is 0 Å². The van der Waals surface area contributed by atoms with Crippen LogP contribution >= 0.6 is 0 Å². The molecule has 2 atom stereocenters. The van der Waals surface area contributed by atoms with Gasteiger partial charge < -0.3 is 4.74 Å². The van der Waals surface area contributed by atoms with Crippen LogP contribution in [0.15, 0.2) is 30.3 Å². The Morgan fingerprint density at radius 1 is 1.06 bits per heavy atom. The second-order valence-corrected chi connectivity index (χ2v) is 4.80. The summed E-state index contributed by atoms with van der Waals surface area (Å²) in [5, 5.41) is 0. The van der Waals surface area contributed by atoms with Crippen LogP contribution in [0.25, 0.3) is 0 Å². The molecule has 2 saturated heterocycles. The van der Waals surface area contributed by atoms with Gasteiger partial charge in [-0.2, -0.15) is 0 Å². The van der Waals surface area contributed by atoms with Crippen LogP contribution in [0.4, 0.5) is 0 Å². The molecule has 2 aliphatic rings. The third kappa shape index (κ3) is 1.87. The van der Waals surface area contributed by atoms with Gasteiger partial charge in [-0.05, 0) is 24.9 Å². The van der Waals surface area contributed by atoms with E-state index in [2.05, 4.69) is 35.2 Å². The molecular weight excluding hydrogens is 198 g/mol. The van der Waals surface area contributed by atoms with Crippen molar-refractivity contribution in [3.05, 3.63) is 35.9 Å². The quantitative estimate of drug-likeness (QED) is 0.717. The van der Waals surface area contributed by atoms with E-state index in [4.69, 9.17) is 4.74 Å². The molecule has 0 saturated carbocycles. The van der Waals surface area contributed by atoms with Gasteiger partial charge in [0.2, 0.25) is 0 Å². The molecule has 2 fully saturated rings. The molecule has 2 heterocycles. The van der Waals surface area contributed by atoms with Crippen molar-refractivity contribution in [1.29, 1.82) is 0 Å². The fourth-order valence-electron chi connectivity index (χ4n) is 3.01. The van der Waals surface area contributed by atoms with Crippen LogP contribution in [0.3, 0.4) is 0 Å². The maximum Gasteiger partial charge on any atom is 0.0980 e. The number of fused-ring (bicyclic) bond motifs is 1. The van der Waals surface area contributed by atoms with Gasteiger partial charge in [0.05, 0.1) is 12.7 Å². The Balaban J connectivity index is 1.83. The molecule has 1 aromatic rings. The average Bonchev–Trinajstić information content (AvgIpc) is 2.39. The predicted molar refractivity (Wildman–Crippen MR) is 64.3 cm³/mol. The molecule has 0 spiro atoms. The van der Waals surface area contributed by atoms with Crippen LogP contribution in [-0.4, -0.2) is 30.6 Å². The Morgan fingerprint density at radius 2 is 1.94 bits per heavy atom. The lowest BCUT2D eigenvalue weighted by Crippen LogP contribution is -2.49. The monoisotopic (exact) mass is 217 g/mol. The van der Waals surface area contributed by atoms with Crippen LogP contribution in [0, 0.1) is 0 Å². The predicted octanol–water partition coefficient (Wildman–Crippen LogP) is 2.61. The third-order valence-corrected chi connectivity index (χ3v) is 3.82. The van der Waals surface area contributed by atoms with Crippen LogP contribution in [0.5, 0.6) is 0 Å². The number of piperidine rings is 1. The molecule has 0 aromatic heterocycles. The van der Waals surface area contributed by atoms with Crippen LogP contribution in [0.2, 0.25) is 0 Å². The lowest BCUT2D eigenvalue weighted by Gasteiger charge is -2.44. The fourth-order valence-corrected chi connectivity index (χ4v) is 3.01. The van der Waals surface area contributed by atoms with Crippen molar-refractivity contribution < 1.29 is 4.74 Å². The van der Waals surface area contributed by atoms with Gasteiger partial charge in [0.15, 0.2) is 0 Å². The Bertz CT molecular complexity index is 336. The standard InChI is InChI=1S/C14H19NO/c1-2-6-12(7-3-1)14-13-8-4-5-9-15(13)10-11-16-14/h1-3,6-7,13-14H,4-5,8-11H2/t13-,14+/m0/s1. The molecule has 86 valence electrons. The van der Waals surface area contributed by atoms with Crippen molar-refractivity contribution in [2.75, 3.05) is 19.7 Å². The summed E-state index contributed by atoms with van der Waals surface area (Å²) in [5.41, 5.74) is 1.35. The van der Waals surface area contributed by atoms with E-state index >= 15 is 0 Å². The van der Waals surface area contributed by atoms with E-state index in [9.17, 15) is 0 Å². The van der Waals surface area contributed by atoms with Crippen LogP contribution in [0.1, 0.15) is 30.9 Å². The molecule has 0 aliphatic carbocycles. The first-order chi connectivity index (χ1) is 7.95. The second kappa shape index (κ2) is 4.56. The molecule has 0 radical (unpaired) electrons. The molecule has 3 rings (SSSR count). The topological polar surface area (TPSA) is 12.5 Å². The van der Waals surface area contributed by atoms with Crippen molar-refractivity contribution in [3.63, 3.8) is 0 Å². The van der Waals surface area contributed by atoms with Crippen LogP contribution in [-0.2, 0) is 4.74 Å². The summed E-state index contributed by atoms with van der Waals surface area (Å²) in [6.45, 7) is 3.27. The molecule has 16 heavy (non-hydrogen) atoms. The third-order valence-electron chi connectivity index (χ3n) is 3.82. The fraction of sp³-hybridized carbons (Fsp3) is 0.571. The molecule has 0 amide bonds. The molecule has 1 aromatic carbocycles. The molecule has 2 aliphatic heterocycles. The number of hydrogen-bond donors (Lipinski definition) is 0. The molecule has 0 N–H and O–H groups in total. The Hall–Kier alpha value is -0.860. The molecule has 0 bridgehead atoms. The number of nitrogens with zero attached hydrogens (tertiary/aromatic N) is 1. The molecule has 2 nitrogen and oxygen atoms in total. The minimum Gasteiger partial charge on any atom is -0.371 e. The van der Waals surface area contributed by atoms with Gasteiger partial charge in [0, 0.05) is 12.6 Å². The zero-order chi connectivity index (χ0) is 10.8. The van der Waals surface area contributed by atoms with Gasteiger partial charge in [0.25, 0.3) is 0 Å². The zero-order valence-electron chi connectivity index (χ0n) is 9.64. The minimum atomic E-state index is 0.301. The molecular formula is C14H19NO. The highest BCUT2D eigenvalue weighted by atomic mass is 16.5. The summed E-state index contributed by atoms with van der Waals surface area (Å²) in [4.78, 5) is 2.62. The van der Waals surface area contributed by atoms with Gasteiger partial charge in [-0.15, -0.1) is 0 Å². The first kappa shape index (κ1) is 10.3. The van der Waals surface area contributed by atoms with E-state index in [1.807, 2.05) is 0 Å². The van der Waals surface area contributed by atoms with Gasteiger partial charge >= 0.3 is 0 Å².